The van der Waals surface area contributed by atoms with Crippen LogP contribution in [0.15, 0.2) is 0 Å². The van der Waals surface area contributed by atoms with Crippen LogP contribution in [0, 0.1) is 22.7 Å². The minimum atomic E-state index is -0.523. The quantitative estimate of drug-likeness (QED) is 0.720. The summed E-state index contributed by atoms with van der Waals surface area (Å²) in [6, 6.07) is 0. The van der Waals surface area contributed by atoms with E-state index in [1.54, 1.807) is 7.11 Å². The van der Waals surface area contributed by atoms with E-state index < -0.39 is 11.5 Å². The fraction of sp³-hybridized carbons (Fsp3) is 0.867. The van der Waals surface area contributed by atoms with Crippen molar-refractivity contribution in [3.8, 4) is 0 Å². The number of hydrogen-bond acceptors (Lipinski definition) is 5. The van der Waals surface area contributed by atoms with Crippen molar-refractivity contribution in [1.29, 1.82) is 0 Å². The van der Waals surface area contributed by atoms with Crippen molar-refractivity contribution in [2.45, 2.75) is 45.0 Å². The highest BCUT2D eigenvalue weighted by Gasteiger charge is 2.81. The Kier molecular flexibility index (Phi) is 2.39. The number of hydrogen-bond donors (Lipinski definition) is 0. The summed E-state index contributed by atoms with van der Waals surface area (Å²) in [6.07, 6.45) is 0.775. The van der Waals surface area contributed by atoms with Crippen molar-refractivity contribution in [3.05, 3.63) is 0 Å². The van der Waals surface area contributed by atoms with Gasteiger partial charge in [0.2, 0.25) is 0 Å². The molecule has 1 spiro atoms. The van der Waals surface area contributed by atoms with Gasteiger partial charge in [0, 0.05) is 18.4 Å². The number of methoxy groups -OCH3 is 1. The molecular weight excluding hydrogens is 260 g/mol. The van der Waals surface area contributed by atoms with E-state index in [2.05, 4.69) is 0 Å². The molecule has 0 radical (unpaired) electrons. The number of carbonyl (C=O) groups is 2. The zero-order valence-corrected chi connectivity index (χ0v) is 12.0. The molecule has 0 aromatic rings. The second-order valence-corrected chi connectivity index (χ2v) is 6.99. The molecule has 6 atom stereocenters. The highest BCUT2D eigenvalue weighted by Crippen LogP contribution is 2.70. The monoisotopic (exact) mass is 280 g/mol. The van der Waals surface area contributed by atoms with E-state index in [1.165, 1.54) is 0 Å². The summed E-state index contributed by atoms with van der Waals surface area (Å²) in [5, 5.41) is 0. The summed E-state index contributed by atoms with van der Waals surface area (Å²) in [4.78, 5) is 25.3. The smallest absolute Gasteiger partial charge is 0.170 e. The van der Waals surface area contributed by atoms with Gasteiger partial charge < -0.3 is 14.2 Å². The first-order valence-electron chi connectivity index (χ1n) is 7.32. The summed E-state index contributed by atoms with van der Waals surface area (Å²) < 4.78 is 16.7. The van der Waals surface area contributed by atoms with E-state index in [0.29, 0.717) is 0 Å². The molecule has 4 aliphatic rings. The van der Waals surface area contributed by atoms with Crippen molar-refractivity contribution in [2.24, 2.45) is 22.7 Å². The number of ketones is 2. The number of Topliss-reactive ketones (excluding diaryl/α,β-unsaturated/α-hetero) is 2. The summed E-state index contributed by atoms with van der Waals surface area (Å²) in [5.41, 5.74) is -0.856. The Morgan fingerprint density at radius 2 is 2.05 bits per heavy atom. The molecule has 110 valence electrons. The van der Waals surface area contributed by atoms with Gasteiger partial charge >= 0.3 is 0 Å². The van der Waals surface area contributed by atoms with Gasteiger partial charge in [0.05, 0.1) is 23.5 Å². The van der Waals surface area contributed by atoms with Gasteiger partial charge in [-0.1, -0.05) is 13.8 Å². The molecule has 0 aromatic carbocycles. The Bertz CT molecular complexity index is 496. The molecule has 2 aliphatic heterocycles. The minimum absolute atomic E-state index is 0.140. The van der Waals surface area contributed by atoms with E-state index in [1.807, 2.05) is 13.8 Å². The molecular formula is C15H20O5. The van der Waals surface area contributed by atoms with Crippen LogP contribution < -0.4 is 0 Å². The molecule has 2 aliphatic carbocycles. The molecule has 2 heterocycles. The molecule has 0 N–H and O–H groups in total. The lowest BCUT2D eigenvalue weighted by molar-refractivity contribution is -0.150. The summed E-state index contributed by atoms with van der Waals surface area (Å²) >= 11 is 0. The second-order valence-electron chi connectivity index (χ2n) is 6.99. The number of fused-ring (bicyclic) bond motifs is 6. The lowest BCUT2D eigenvalue weighted by atomic mass is 9.63. The van der Waals surface area contributed by atoms with E-state index in [-0.39, 0.29) is 47.8 Å². The maximum Gasteiger partial charge on any atom is 0.170 e. The van der Waals surface area contributed by atoms with Crippen molar-refractivity contribution in [3.63, 3.8) is 0 Å². The predicted molar refractivity (Wildman–Crippen MR) is 67.9 cm³/mol. The first-order valence-corrected chi connectivity index (χ1v) is 7.32. The van der Waals surface area contributed by atoms with Crippen molar-refractivity contribution in [1.82, 2.24) is 0 Å². The van der Waals surface area contributed by atoms with Crippen LogP contribution in [0.4, 0.5) is 0 Å². The highest BCUT2D eigenvalue weighted by atomic mass is 16.7. The number of ether oxygens (including phenoxy) is 3. The third-order valence-corrected chi connectivity index (χ3v) is 6.07. The fourth-order valence-electron chi connectivity index (χ4n) is 4.94. The van der Waals surface area contributed by atoms with E-state index >= 15 is 0 Å². The molecule has 0 amide bonds. The maximum absolute atomic E-state index is 12.7. The normalized spacial score (nSPS) is 51.0. The van der Waals surface area contributed by atoms with E-state index in [9.17, 15) is 9.59 Å². The zero-order chi connectivity index (χ0) is 14.3. The standard InChI is InChI=1S/C15H20O5/c1-7-9(16)8-12-15(4-5-15)10(17)13(20-12)14(8,2)11(7)19-6-18-3/h7-8,11-13H,4-6H2,1-3H3/t7-,8-,11+,12+,13+,14+/m1/s1. The zero-order valence-electron chi connectivity index (χ0n) is 12.0. The molecule has 4 fully saturated rings. The average Bonchev–Trinajstić information content (AvgIpc) is 3.04. The van der Waals surface area contributed by atoms with Crippen LogP contribution in [0.25, 0.3) is 0 Å². The molecule has 5 heteroatoms. The van der Waals surface area contributed by atoms with Crippen LogP contribution >= 0.6 is 0 Å². The Hall–Kier alpha value is -0.780. The maximum atomic E-state index is 12.7. The van der Waals surface area contributed by atoms with Crippen molar-refractivity contribution < 1.29 is 23.8 Å². The Labute approximate surface area is 117 Å². The Morgan fingerprint density at radius 3 is 2.65 bits per heavy atom. The number of carbonyl (C=O) groups excluding carboxylic acids is 2. The van der Waals surface area contributed by atoms with E-state index in [0.717, 1.165) is 12.8 Å². The molecule has 5 nitrogen and oxygen atoms in total. The van der Waals surface area contributed by atoms with Gasteiger partial charge in [-0.3, -0.25) is 9.59 Å². The first-order chi connectivity index (χ1) is 9.48. The van der Waals surface area contributed by atoms with Crippen LogP contribution in [0.5, 0.6) is 0 Å². The van der Waals surface area contributed by atoms with Gasteiger partial charge in [-0.2, -0.15) is 0 Å². The van der Waals surface area contributed by atoms with Gasteiger partial charge in [0.1, 0.15) is 18.7 Å². The van der Waals surface area contributed by atoms with E-state index in [4.69, 9.17) is 14.2 Å². The van der Waals surface area contributed by atoms with Gasteiger partial charge in [-0.05, 0) is 12.8 Å². The number of rotatable bonds is 3. The highest BCUT2D eigenvalue weighted by molar-refractivity contribution is 6.01. The van der Waals surface area contributed by atoms with Crippen molar-refractivity contribution in [2.75, 3.05) is 13.9 Å². The predicted octanol–water partition coefficient (Wildman–Crippen LogP) is 0.947. The van der Waals surface area contributed by atoms with Crippen molar-refractivity contribution >= 4 is 11.6 Å². The van der Waals surface area contributed by atoms with Crippen LogP contribution in [-0.4, -0.2) is 43.8 Å². The van der Waals surface area contributed by atoms with Gasteiger partial charge in [-0.25, -0.2) is 0 Å². The minimum Gasteiger partial charge on any atom is -0.365 e. The fourth-order valence-corrected chi connectivity index (χ4v) is 4.94. The van der Waals surface area contributed by atoms with Crippen LogP contribution in [0.3, 0.4) is 0 Å². The molecule has 2 saturated carbocycles. The van der Waals surface area contributed by atoms with Gasteiger partial charge in [0.25, 0.3) is 0 Å². The van der Waals surface area contributed by atoms with Crippen LogP contribution in [-0.2, 0) is 23.8 Å². The summed E-state index contributed by atoms with van der Waals surface area (Å²) in [5.74, 6) is 0.00866. The third-order valence-electron chi connectivity index (χ3n) is 6.07. The molecule has 4 rings (SSSR count). The Balaban J connectivity index is 1.74. The van der Waals surface area contributed by atoms with Gasteiger partial charge in [-0.15, -0.1) is 0 Å². The lowest BCUT2D eigenvalue weighted by Gasteiger charge is -2.38. The molecule has 2 saturated heterocycles. The SMILES string of the molecule is COCO[C@H]1[C@H](C)C(=O)[C@@H]2[C@@H]3O[C@@H](C(=O)C34CC4)[C@@]21C. The largest absolute Gasteiger partial charge is 0.365 e. The molecule has 2 bridgehead atoms. The first kappa shape index (κ1) is 12.9. The topological polar surface area (TPSA) is 61.8 Å². The van der Waals surface area contributed by atoms with Crippen LogP contribution in [0.1, 0.15) is 26.7 Å². The molecule has 0 aromatic heterocycles. The Morgan fingerprint density at radius 1 is 1.35 bits per heavy atom. The molecule has 0 unspecified atom stereocenters. The lowest BCUT2D eigenvalue weighted by Crippen LogP contribution is -2.52. The third kappa shape index (κ3) is 1.17. The molecule has 20 heavy (non-hydrogen) atoms. The van der Waals surface area contributed by atoms with Crippen LogP contribution in [0.2, 0.25) is 0 Å². The average molecular weight is 280 g/mol. The summed E-state index contributed by atoms with van der Waals surface area (Å²) in [6.45, 7) is 4.02. The second kappa shape index (κ2) is 3.70. The summed E-state index contributed by atoms with van der Waals surface area (Å²) in [7, 11) is 1.56. The van der Waals surface area contributed by atoms with Gasteiger partial charge in [0.15, 0.2) is 5.78 Å².